The van der Waals surface area contributed by atoms with Crippen molar-refractivity contribution in [2.75, 3.05) is 14.2 Å². The normalized spacial score (nSPS) is 12.3. The van der Waals surface area contributed by atoms with Crippen LogP contribution >= 0.6 is 0 Å². The minimum absolute atomic E-state index is 0.485. The molecule has 0 heterocycles. The SMILES string of the molecule is CF.[B]C(=C)/C=C\C(N)=C(/C)C=NC. The lowest BCUT2D eigenvalue weighted by molar-refractivity contribution is 0.636. The van der Waals surface area contributed by atoms with E-state index in [0.29, 0.717) is 18.3 Å². The van der Waals surface area contributed by atoms with Crippen LogP contribution in [0.25, 0.3) is 0 Å². The van der Waals surface area contributed by atoms with Crippen molar-refractivity contribution in [2.45, 2.75) is 6.92 Å². The zero-order chi connectivity index (χ0) is 11.6. The molecule has 0 aliphatic carbocycles. The smallest absolute Gasteiger partial charge is 0.112 e. The molecule has 4 heteroatoms. The molecule has 0 unspecified atom stereocenters. The Bertz CT molecular complexity index is 255. The van der Waals surface area contributed by atoms with E-state index in [4.69, 9.17) is 13.6 Å². The molecule has 2 nitrogen and oxygen atoms in total. The fraction of sp³-hybridized carbons (Fsp3) is 0.300. The molecule has 0 bridgehead atoms. The van der Waals surface area contributed by atoms with Crippen LogP contribution in [0.5, 0.6) is 0 Å². The van der Waals surface area contributed by atoms with Crippen LogP contribution in [-0.2, 0) is 0 Å². The highest BCUT2D eigenvalue weighted by Crippen LogP contribution is 1.97. The van der Waals surface area contributed by atoms with Gasteiger partial charge in [0.15, 0.2) is 0 Å². The van der Waals surface area contributed by atoms with Crippen LogP contribution in [0.2, 0.25) is 0 Å². The molecule has 0 aromatic heterocycles. The van der Waals surface area contributed by atoms with Crippen molar-refractivity contribution in [3.8, 4) is 0 Å². The number of hydrogen-bond donors (Lipinski definition) is 1. The molecule has 0 saturated carbocycles. The molecule has 76 valence electrons. The molecule has 0 fully saturated rings. The summed E-state index contributed by atoms with van der Waals surface area (Å²) >= 11 is 0. The Kier molecular flexibility index (Phi) is 10.6. The van der Waals surface area contributed by atoms with E-state index in [1.165, 1.54) is 0 Å². The lowest BCUT2D eigenvalue weighted by Gasteiger charge is -1.96. The number of rotatable bonds is 3. The monoisotopic (exact) mass is 194 g/mol. The number of aliphatic imine (C=N–C) groups is 1. The molecule has 0 amide bonds. The summed E-state index contributed by atoms with van der Waals surface area (Å²) in [6, 6.07) is 0. The summed E-state index contributed by atoms with van der Waals surface area (Å²) in [6.07, 6.45) is 5.06. The Hall–Kier alpha value is -1.32. The molecule has 0 aliphatic heterocycles. The Balaban J connectivity index is 0. The molecular formula is C10H16BFN2. The predicted octanol–water partition coefficient (Wildman–Crippen LogP) is 1.74. The molecular weight excluding hydrogens is 178 g/mol. The van der Waals surface area contributed by atoms with E-state index < -0.39 is 0 Å². The maximum atomic E-state index is 9.50. The molecule has 0 aromatic carbocycles. The number of allylic oxidation sites excluding steroid dienone is 4. The van der Waals surface area contributed by atoms with Crippen molar-refractivity contribution < 1.29 is 4.39 Å². The summed E-state index contributed by atoms with van der Waals surface area (Å²) in [5, 5.41) is 0. The van der Waals surface area contributed by atoms with Gasteiger partial charge in [0.1, 0.15) is 7.85 Å². The largest absolute Gasteiger partial charge is 0.398 e. The van der Waals surface area contributed by atoms with Crippen LogP contribution in [0, 0.1) is 0 Å². The van der Waals surface area contributed by atoms with Gasteiger partial charge in [0.2, 0.25) is 0 Å². The van der Waals surface area contributed by atoms with Crippen molar-refractivity contribution in [3.63, 3.8) is 0 Å². The summed E-state index contributed by atoms with van der Waals surface area (Å²) in [7, 11) is 7.52. The second-order valence-electron chi connectivity index (χ2n) is 2.43. The number of halogens is 1. The summed E-state index contributed by atoms with van der Waals surface area (Å²) < 4.78 is 9.50. The van der Waals surface area contributed by atoms with Gasteiger partial charge >= 0.3 is 0 Å². The molecule has 0 spiro atoms. The van der Waals surface area contributed by atoms with E-state index in [0.717, 1.165) is 5.57 Å². The van der Waals surface area contributed by atoms with Crippen LogP contribution in [0.15, 0.2) is 40.5 Å². The summed E-state index contributed by atoms with van der Waals surface area (Å²) in [5.74, 6) is 0. The van der Waals surface area contributed by atoms with Crippen LogP contribution in [0.1, 0.15) is 6.92 Å². The maximum Gasteiger partial charge on any atom is 0.112 e. The summed E-state index contributed by atoms with van der Waals surface area (Å²) in [6.45, 7) is 5.39. The lowest BCUT2D eigenvalue weighted by Crippen LogP contribution is -1.98. The van der Waals surface area contributed by atoms with Gasteiger partial charge in [-0.3, -0.25) is 9.38 Å². The van der Waals surface area contributed by atoms with Crippen LogP contribution in [0.3, 0.4) is 0 Å². The van der Waals surface area contributed by atoms with E-state index in [1.807, 2.05) is 6.92 Å². The van der Waals surface area contributed by atoms with Gasteiger partial charge < -0.3 is 5.73 Å². The lowest BCUT2D eigenvalue weighted by atomic mass is 9.97. The first kappa shape index (κ1) is 15.2. The van der Waals surface area contributed by atoms with Gasteiger partial charge in [-0.2, -0.15) is 0 Å². The van der Waals surface area contributed by atoms with Gasteiger partial charge in [-0.1, -0.05) is 6.08 Å². The standard InChI is InChI=1S/C9H13BN2.CH3F/c1-7(6-12-3)9(11)5-4-8(2)10;1-2/h4-6H,2,11H2,1,3H3;1H3/b5-4-,9-7-,12-6?;. The third-order valence-electron chi connectivity index (χ3n) is 1.26. The van der Waals surface area contributed by atoms with Gasteiger partial charge in [-0.25, -0.2) is 0 Å². The maximum absolute atomic E-state index is 9.50. The number of alkyl halides is 1. The quantitative estimate of drug-likeness (QED) is 0.414. The fourth-order valence-corrected chi connectivity index (χ4v) is 0.596. The molecule has 0 rings (SSSR count). The highest BCUT2D eigenvalue weighted by atomic mass is 19.1. The Labute approximate surface area is 86.5 Å². The van der Waals surface area contributed by atoms with Crippen molar-refractivity contribution in [2.24, 2.45) is 10.7 Å². The van der Waals surface area contributed by atoms with Crippen LogP contribution in [0.4, 0.5) is 4.39 Å². The van der Waals surface area contributed by atoms with Gasteiger partial charge in [-0.15, -0.1) is 12.1 Å². The van der Waals surface area contributed by atoms with E-state index in [2.05, 4.69) is 11.6 Å². The van der Waals surface area contributed by atoms with Gasteiger partial charge in [0, 0.05) is 19.0 Å². The Morgan fingerprint density at radius 1 is 1.43 bits per heavy atom. The predicted molar refractivity (Wildman–Crippen MR) is 62.4 cm³/mol. The first-order valence-electron chi connectivity index (χ1n) is 3.96. The molecule has 0 atom stereocenters. The van der Waals surface area contributed by atoms with E-state index in [9.17, 15) is 4.39 Å². The highest BCUT2D eigenvalue weighted by molar-refractivity contribution is 6.23. The van der Waals surface area contributed by atoms with Gasteiger partial charge in [-0.05, 0) is 18.6 Å². The first-order chi connectivity index (χ1) is 6.57. The first-order valence-corrected chi connectivity index (χ1v) is 3.96. The van der Waals surface area contributed by atoms with E-state index in [-0.39, 0.29) is 0 Å². The number of hydrogen-bond acceptors (Lipinski definition) is 2. The van der Waals surface area contributed by atoms with Crippen LogP contribution in [-0.4, -0.2) is 28.3 Å². The highest BCUT2D eigenvalue weighted by Gasteiger charge is 1.88. The van der Waals surface area contributed by atoms with Crippen molar-refractivity contribution in [3.05, 3.63) is 35.5 Å². The number of nitrogens with zero attached hydrogens (tertiary/aromatic N) is 1. The third kappa shape index (κ3) is 8.78. The van der Waals surface area contributed by atoms with Crippen LogP contribution < -0.4 is 5.73 Å². The number of nitrogens with two attached hydrogens (primary N) is 1. The Morgan fingerprint density at radius 2 is 1.93 bits per heavy atom. The summed E-state index contributed by atoms with van der Waals surface area (Å²) in [5.41, 5.74) is 7.70. The van der Waals surface area contributed by atoms with E-state index in [1.54, 1.807) is 25.4 Å². The van der Waals surface area contributed by atoms with Crippen molar-refractivity contribution in [1.29, 1.82) is 0 Å². The van der Waals surface area contributed by atoms with Gasteiger partial charge in [0.25, 0.3) is 0 Å². The summed E-state index contributed by atoms with van der Waals surface area (Å²) in [4.78, 5) is 3.83. The molecule has 2 radical (unpaired) electrons. The second kappa shape index (κ2) is 9.77. The minimum atomic E-state index is 0.485. The fourth-order valence-electron chi connectivity index (χ4n) is 0.596. The zero-order valence-corrected chi connectivity index (χ0v) is 8.92. The van der Waals surface area contributed by atoms with Crippen molar-refractivity contribution >= 4 is 14.1 Å². The van der Waals surface area contributed by atoms with E-state index >= 15 is 0 Å². The zero-order valence-electron chi connectivity index (χ0n) is 8.92. The minimum Gasteiger partial charge on any atom is -0.398 e. The third-order valence-corrected chi connectivity index (χ3v) is 1.26. The second-order valence-corrected chi connectivity index (χ2v) is 2.43. The van der Waals surface area contributed by atoms with Gasteiger partial charge in [0.05, 0.1) is 7.18 Å². The van der Waals surface area contributed by atoms with Crippen molar-refractivity contribution in [1.82, 2.24) is 0 Å². The average molecular weight is 194 g/mol. The molecule has 2 N–H and O–H groups in total. The Morgan fingerprint density at radius 3 is 2.29 bits per heavy atom. The molecule has 0 saturated heterocycles. The molecule has 0 aromatic rings. The molecule has 0 aliphatic rings. The topological polar surface area (TPSA) is 38.4 Å². The average Bonchev–Trinajstić information content (AvgIpc) is 2.17. The molecule has 14 heavy (non-hydrogen) atoms.